The first-order valence-corrected chi connectivity index (χ1v) is 8.15. The summed E-state index contributed by atoms with van der Waals surface area (Å²) in [5.41, 5.74) is 6.75. The second-order valence-corrected chi connectivity index (χ2v) is 6.28. The van der Waals surface area contributed by atoms with Crippen molar-refractivity contribution in [2.24, 2.45) is 5.73 Å². The van der Waals surface area contributed by atoms with Crippen molar-refractivity contribution in [3.05, 3.63) is 51.3 Å². The Hall–Kier alpha value is -2.42. The fourth-order valence-electron chi connectivity index (χ4n) is 1.88. The van der Waals surface area contributed by atoms with Crippen molar-refractivity contribution in [2.45, 2.75) is 0 Å². The van der Waals surface area contributed by atoms with Crippen LogP contribution in [0.25, 0.3) is 11.3 Å². The minimum atomic E-state index is -0.563. The van der Waals surface area contributed by atoms with Crippen LogP contribution in [0.15, 0.2) is 29.8 Å². The van der Waals surface area contributed by atoms with Gasteiger partial charge in [-0.05, 0) is 18.2 Å². The highest BCUT2D eigenvalue weighted by Gasteiger charge is 2.16. The monoisotopic (exact) mass is 381 g/mol. The van der Waals surface area contributed by atoms with Gasteiger partial charge in [0.25, 0.3) is 11.8 Å². The van der Waals surface area contributed by atoms with E-state index in [2.05, 4.69) is 20.3 Å². The van der Waals surface area contributed by atoms with Gasteiger partial charge in [-0.2, -0.15) is 0 Å². The molecule has 122 valence electrons. The Morgan fingerprint density at radius 1 is 1.25 bits per heavy atom. The summed E-state index contributed by atoms with van der Waals surface area (Å²) in [7, 11) is 0. The third kappa shape index (κ3) is 3.40. The molecule has 7 nitrogen and oxygen atoms in total. The number of thiazole rings is 1. The van der Waals surface area contributed by atoms with Crippen molar-refractivity contribution in [2.75, 3.05) is 5.32 Å². The van der Waals surface area contributed by atoms with Crippen LogP contribution in [0.4, 0.5) is 5.13 Å². The minimum Gasteiger partial charge on any atom is -0.364 e. The summed E-state index contributed by atoms with van der Waals surface area (Å²) in [6.07, 6.45) is 1.61. The van der Waals surface area contributed by atoms with Gasteiger partial charge in [-0.1, -0.05) is 23.2 Å². The van der Waals surface area contributed by atoms with Crippen molar-refractivity contribution in [1.82, 2.24) is 15.0 Å². The molecule has 0 atom stereocenters. The molecule has 3 aromatic heterocycles. The van der Waals surface area contributed by atoms with Crippen molar-refractivity contribution in [3.8, 4) is 11.3 Å². The van der Waals surface area contributed by atoms with E-state index in [0.717, 1.165) is 0 Å². The zero-order chi connectivity index (χ0) is 17.3. The number of carbonyl (C=O) groups excluding carboxylic acids is 2. The number of amides is 2. The summed E-state index contributed by atoms with van der Waals surface area (Å²) in [6, 6.07) is 4.56. The topological polar surface area (TPSA) is 114 Å². The molecule has 0 bridgehead atoms. The van der Waals surface area contributed by atoms with E-state index in [-0.39, 0.29) is 21.6 Å². The molecule has 3 rings (SSSR count). The smallest absolute Gasteiger partial charge is 0.277 e. The van der Waals surface area contributed by atoms with Gasteiger partial charge in [0, 0.05) is 17.1 Å². The molecular weight excluding hydrogens is 373 g/mol. The van der Waals surface area contributed by atoms with Crippen LogP contribution in [0.5, 0.6) is 0 Å². The molecule has 0 aliphatic carbocycles. The SMILES string of the molecule is NC(=O)c1cc(-c2csc(NC(=O)c3nc(Cl)ccc3Cl)n2)c[nH]1. The zero-order valence-electron chi connectivity index (χ0n) is 11.8. The summed E-state index contributed by atoms with van der Waals surface area (Å²) in [5, 5.41) is 5.04. The Balaban J connectivity index is 1.79. The number of halogens is 2. The Morgan fingerprint density at radius 3 is 2.75 bits per heavy atom. The zero-order valence-corrected chi connectivity index (χ0v) is 14.2. The van der Waals surface area contributed by atoms with Crippen LogP contribution in [0.3, 0.4) is 0 Å². The van der Waals surface area contributed by atoms with Crippen molar-refractivity contribution in [1.29, 1.82) is 0 Å². The summed E-state index contributed by atoms with van der Waals surface area (Å²) in [5.74, 6) is -1.08. The maximum Gasteiger partial charge on any atom is 0.277 e. The van der Waals surface area contributed by atoms with Gasteiger partial charge < -0.3 is 10.7 Å². The molecule has 24 heavy (non-hydrogen) atoms. The highest BCUT2D eigenvalue weighted by atomic mass is 35.5. The van der Waals surface area contributed by atoms with Crippen LogP contribution in [0, 0.1) is 0 Å². The summed E-state index contributed by atoms with van der Waals surface area (Å²) < 4.78 is 0. The standard InChI is InChI=1S/C14H9Cl2N5O2S/c15-7-1-2-10(16)20-11(7)13(23)21-14-19-9(5-24-14)6-3-8(12(17)22)18-4-6/h1-5,18H,(H2,17,22)(H,19,21,23). The Kier molecular flexibility index (Phi) is 4.52. The number of carbonyl (C=O) groups is 2. The lowest BCUT2D eigenvalue weighted by atomic mass is 10.2. The summed E-state index contributed by atoms with van der Waals surface area (Å²) in [4.78, 5) is 34.2. The van der Waals surface area contributed by atoms with Gasteiger partial charge in [-0.15, -0.1) is 11.3 Å². The summed E-state index contributed by atoms with van der Waals surface area (Å²) >= 11 is 12.9. The highest BCUT2D eigenvalue weighted by Crippen LogP contribution is 2.26. The molecule has 0 fully saturated rings. The lowest BCUT2D eigenvalue weighted by Gasteiger charge is -2.03. The fraction of sp³-hybridized carbons (Fsp3) is 0. The molecule has 0 aromatic carbocycles. The Morgan fingerprint density at radius 2 is 2.04 bits per heavy atom. The molecule has 0 spiro atoms. The molecule has 0 saturated carbocycles. The van der Waals surface area contributed by atoms with Crippen molar-refractivity contribution in [3.63, 3.8) is 0 Å². The van der Waals surface area contributed by atoms with Gasteiger partial charge in [0.15, 0.2) is 5.13 Å². The van der Waals surface area contributed by atoms with E-state index in [1.54, 1.807) is 17.6 Å². The third-order valence-corrected chi connectivity index (χ3v) is 4.27. The first-order chi connectivity index (χ1) is 11.4. The average Bonchev–Trinajstić information content (AvgIpc) is 3.18. The predicted octanol–water partition coefficient (Wildman–Crippen LogP) is 3.19. The number of rotatable bonds is 4. The number of nitrogens with one attached hydrogen (secondary N) is 2. The molecule has 0 aliphatic rings. The molecule has 0 unspecified atom stereocenters. The predicted molar refractivity (Wildman–Crippen MR) is 92.6 cm³/mol. The number of primary amides is 1. The first kappa shape index (κ1) is 16.4. The third-order valence-electron chi connectivity index (χ3n) is 3.00. The van der Waals surface area contributed by atoms with E-state index in [1.807, 2.05) is 0 Å². The van der Waals surface area contributed by atoms with E-state index in [4.69, 9.17) is 28.9 Å². The minimum absolute atomic E-state index is 0.0126. The maximum absolute atomic E-state index is 12.2. The number of nitrogens with two attached hydrogens (primary N) is 1. The van der Waals surface area contributed by atoms with Crippen LogP contribution >= 0.6 is 34.5 Å². The number of aromatic amines is 1. The van der Waals surface area contributed by atoms with Crippen LogP contribution in [0.2, 0.25) is 10.2 Å². The van der Waals surface area contributed by atoms with Gasteiger partial charge in [0.1, 0.15) is 16.5 Å². The molecule has 4 N–H and O–H groups in total. The van der Waals surface area contributed by atoms with Gasteiger partial charge in [0.05, 0.1) is 10.7 Å². The van der Waals surface area contributed by atoms with E-state index in [1.165, 1.54) is 23.5 Å². The van der Waals surface area contributed by atoms with E-state index in [0.29, 0.717) is 16.4 Å². The molecule has 0 radical (unpaired) electrons. The van der Waals surface area contributed by atoms with E-state index < -0.39 is 11.8 Å². The number of H-pyrrole nitrogens is 1. The van der Waals surface area contributed by atoms with Gasteiger partial charge in [-0.3, -0.25) is 14.9 Å². The molecule has 0 aliphatic heterocycles. The quantitative estimate of drug-likeness (QED) is 0.601. The van der Waals surface area contributed by atoms with Gasteiger partial charge >= 0.3 is 0 Å². The van der Waals surface area contributed by atoms with Gasteiger partial charge in [0.2, 0.25) is 0 Å². The molecule has 3 aromatic rings. The normalized spacial score (nSPS) is 10.6. The highest BCUT2D eigenvalue weighted by molar-refractivity contribution is 7.14. The largest absolute Gasteiger partial charge is 0.364 e. The van der Waals surface area contributed by atoms with Crippen molar-refractivity contribution < 1.29 is 9.59 Å². The number of aromatic nitrogens is 3. The van der Waals surface area contributed by atoms with E-state index in [9.17, 15) is 9.59 Å². The first-order valence-electron chi connectivity index (χ1n) is 6.51. The molecule has 10 heteroatoms. The number of pyridine rings is 1. The Labute approximate surface area is 149 Å². The Bertz CT molecular complexity index is 937. The maximum atomic E-state index is 12.2. The number of anilines is 1. The molecule has 0 saturated heterocycles. The lowest BCUT2D eigenvalue weighted by molar-refractivity contribution is 0.0993. The molecular formula is C14H9Cl2N5O2S. The number of nitrogens with zero attached hydrogens (tertiary/aromatic N) is 2. The van der Waals surface area contributed by atoms with Crippen LogP contribution < -0.4 is 11.1 Å². The van der Waals surface area contributed by atoms with Crippen LogP contribution in [0.1, 0.15) is 21.0 Å². The average molecular weight is 382 g/mol. The van der Waals surface area contributed by atoms with Crippen molar-refractivity contribution >= 4 is 51.5 Å². The number of hydrogen-bond donors (Lipinski definition) is 3. The van der Waals surface area contributed by atoms with E-state index >= 15 is 0 Å². The summed E-state index contributed by atoms with van der Waals surface area (Å²) in [6.45, 7) is 0. The van der Waals surface area contributed by atoms with Gasteiger partial charge in [-0.25, -0.2) is 9.97 Å². The van der Waals surface area contributed by atoms with Crippen LogP contribution in [-0.2, 0) is 0 Å². The fourth-order valence-corrected chi connectivity index (χ4v) is 2.94. The van der Waals surface area contributed by atoms with Crippen LogP contribution in [-0.4, -0.2) is 26.8 Å². The molecule has 2 amide bonds. The number of hydrogen-bond acceptors (Lipinski definition) is 5. The lowest BCUT2D eigenvalue weighted by Crippen LogP contribution is -2.14. The second-order valence-electron chi connectivity index (χ2n) is 4.62. The second kappa shape index (κ2) is 6.60. The molecule has 3 heterocycles.